The third kappa shape index (κ3) is 5.84. The Morgan fingerprint density at radius 3 is 2.91 bits per heavy atom. The summed E-state index contributed by atoms with van der Waals surface area (Å²) in [6.45, 7) is 2.40. The minimum absolute atomic E-state index is 0. The van der Waals surface area contributed by atoms with Gasteiger partial charge in [-0.2, -0.15) is 0 Å². The number of imidazole rings is 1. The van der Waals surface area contributed by atoms with Gasteiger partial charge in [-0.3, -0.25) is 4.99 Å². The van der Waals surface area contributed by atoms with Gasteiger partial charge in [0.05, 0.1) is 6.33 Å². The zero-order valence-corrected chi connectivity index (χ0v) is 15.8. The van der Waals surface area contributed by atoms with Crippen LogP contribution in [-0.2, 0) is 13.1 Å². The Balaban J connectivity index is 0.00000242. The highest BCUT2D eigenvalue weighted by Gasteiger charge is 2.06. The first-order chi connectivity index (χ1) is 10.2. The molecular weight excluding hydrogens is 413 g/mol. The van der Waals surface area contributed by atoms with Gasteiger partial charge in [-0.1, -0.05) is 23.7 Å². The van der Waals surface area contributed by atoms with Crippen molar-refractivity contribution in [2.75, 3.05) is 20.6 Å². The second kappa shape index (κ2) is 9.68. The predicted octanol–water partition coefficient (Wildman–Crippen LogP) is 2.86. The highest BCUT2D eigenvalue weighted by molar-refractivity contribution is 14.0. The lowest BCUT2D eigenvalue weighted by Crippen LogP contribution is -2.39. The summed E-state index contributed by atoms with van der Waals surface area (Å²) in [4.78, 5) is 10.4. The molecule has 22 heavy (non-hydrogen) atoms. The van der Waals surface area contributed by atoms with E-state index in [0.29, 0.717) is 0 Å². The lowest BCUT2D eigenvalue weighted by atomic mass is 10.2. The number of aliphatic imine (C=N–C) groups is 1. The Morgan fingerprint density at radius 1 is 1.45 bits per heavy atom. The molecule has 0 radical (unpaired) electrons. The summed E-state index contributed by atoms with van der Waals surface area (Å²) in [6, 6.07) is 7.86. The number of benzene rings is 1. The molecule has 1 heterocycles. The van der Waals surface area contributed by atoms with Crippen LogP contribution in [0.4, 0.5) is 0 Å². The maximum atomic E-state index is 6.01. The van der Waals surface area contributed by atoms with Crippen molar-refractivity contribution >= 4 is 41.5 Å². The minimum atomic E-state index is 0. The predicted molar refractivity (Wildman–Crippen MR) is 102 cm³/mol. The van der Waals surface area contributed by atoms with E-state index in [2.05, 4.69) is 26.3 Å². The van der Waals surface area contributed by atoms with E-state index in [1.165, 1.54) is 0 Å². The van der Waals surface area contributed by atoms with Crippen molar-refractivity contribution < 1.29 is 0 Å². The zero-order valence-electron chi connectivity index (χ0n) is 12.7. The molecular formula is C15H21ClIN5. The van der Waals surface area contributed by atoms with Crippen LogP contribution in [0.5, 0.6) is 0 Å². The van der Waals surface area contributed by atoms with E-state index >= 15 is 0 Å². The van der Waals surface area contributed by atoms with E-state index in [-0.39, 0.29) is 24.0 Å². The number of aromatic nitrogens is 2. The van der Waals surface area contributed by atoms with Gasteiger partial charge < -0.3 is 14.8 Å². The lowest BCUT2D eigenvalue weighted by Gasteiger charge is -2.22. The van der Waals surface area contributed by atoms with Gasteiger partial charge in [-0.05, 0) is 17.7 Å². The molecule has 0 spiro atoms. The van der Waals surface area contributed by atoms with Crippen molar-refractivity contribution in [3.63, 3.8) is 0 Å². The van der Waals surface area contributed by atoms with Gasteiger partial charge in [-0.25, -0.2) is 4.98 Å². The summed E-state index contributed by atoms with van der Waals surface area (Å²) in [5.41, 5.74) is 1.16. The normalized spacial score (nSPS) is 11.0. The van der Waals surface area contributed by atoms with E-state index in [1.807, 2.05) is 36.0 Å². The highest BCUT2D eigenvalue weighted by atomic mass is 127. The fourth-order valence-electron chi connectivity index (χ4n) is 2.08. The van der Waals surface area contributed by atoms with Crippen LogP contribution in [0.25, 0.3) is 0 Å². The van der Waals surface area contributed by atoms with Crippen molar-refractivity contribution in [3.8, 4) is 0 Å². The quantitative estimate of drug-likeness (QED) is 0.448. The fourth-order valence-corrected chi connectivity index (χ4v) is 2.30. The molecule has 1 aromatic heterocycles. The van der Waals surface area contributed by atoms with Gasteiger partial charge in [0.1, 0.15) is 0 Å². The molecule has 0 amide bonds. The molecule has 2 rings (SSSR count). The number of nitrogens with zero attached hydrogens (tertiary/aromatic N) is 4. The molecule has 0 aliphatic rings. The minimum Gasteiger partial charge on any atom is -0.354 e. The van der Waals surface area contributed by atoms with Crippen LogP contribution in [0.2, 0.25) is 5.02 Å². The molecule has 120 valence electrons. The standard InChI is InChI=1S/C15H20ClN5.HI/c1-17-15(19-7-9-21-8-6-18-12-21)20(2)11-13-4-3-5-14(16)10-13;/h3-6,8,10,12H,7,9,11H2,1-2H3,(H,17,19);1H. The molecule has 0 fully saturated rings. The Morgan fingerprint density at radius 2 is 2.27 bits per heavy atom. The Kier molecular flexibility index (Phi) is 8.26. The van der Waals surface area contributed by atoms with Crippen LogP contribution in [0.15, 0.2) is 48.0 Å². The highest BCUT2D eigenvalue weighted by Crippen LogP contribution is 2.12. The molecule has 0 aliphatic heterocycles. The smallest absolute Gasteiger partial charge is 0.193 e. The Hall–Kier alpha value is -1.28. The number of hydrogen-bond acceptors (Lipinski definition) is 2. The average molecular weight is 434 g/mol. The molecule has 0 saturated carbocycles. The lowest BCUT2D eigenvalue weighted by molar-refractivity contribution is 0.473. The molecule has 0 bridgehead atoms. The summed E-state index contributed by atoms with van der Waals surface area (Å²) in [5.74, 6) is 0.857. The number of nitrogens with one attached hydrogen (secondary N) is 1. The molecule has 0 atom stereocenters. The van der Waals surface area contributed by atoms with Crippen molar-refractivity contribution in [3.05, 3.63) is 53.6 Å². The molecule has 0 aliphatic carbocycles. The zero-order chi connectivity index (χ0) is 15.1. The SMILES string of the molecule is CN=C(NCCn1ccnc1)N(C)Cc1cccc(Cl)c1.I. The van der Waals surface area contributed by atoms with Gasteiger partial charge in [0, 0.05) is 51.1 Å². The second-order valence-electron chi connectivity index (χ2n) is 4.76. The average Bonchev–Trinajstić information content (AvgIpc) is 2.96. The van der Waals surface area contributed by atoms with Crippen molar-refractivity contribution in [1.29, 1.82) is 0 Å². The molecule has 0 saturated heterocycles. The maximum Gasteiger partial charge on any atom is 0.193 e. The van der Waals surface area contributed by atoms with E-state index in [1.54, 1.807) is 19.6 Å². The number of halogens is 2. The van der Waals surface area contributed by atoms with Crippen LogP contribution in [0.3, 0.4) is 0 Å². The van der Waals surface area contributed by atoms with Crippen molar-refractivity contribution in [2.24, 2.45) is 4.99 Å². The third-order valence-corrected chi connectivity index (χ3v) is 3.33. The Bertz CT molecular complexity index is 585. The van der Waals surface area contributed by atoms with Gasteiger partial charge in [0.15, 0.2) is 5.96 Å². The van der Waals surface area contributed by atoms with E-state index in [4.69, 9.17) is 11.6 Å². The molecule has 2 aromatic rings. The van der Waals surface area contributed by atoms with Gasteiger partial charge >= 0.3 is 0 Å². The second-order valence-corrected chi connectivity index (χ2v) is 5.20. The fraction of sp³-hybridized carbons (Fsp3) is 0.333. The van der Waals surface area contributed by atoms with E-state index in [0.717, 1.165) is 36.2 Å². The molecule has 7 heteroatoms. The number of hydrogen-bond donors (Lipinski definition) is 1. The van der Waals surface area contributed by atoms with Gasteiger partial charge in [0.25, 0.3) is 0 Å². The number of rotatable bonds is 5. The first-order valence-electron chi connectivity index (χ1n) is 6.81. The molecule has 1 N–H and O–H groups in total. The van der Waals surface area contributed by atoms with Crippen molar-refractivity contribution in [1.82, 2.24) is 19.8 Å². The molecule has 5 nitrogen and oxygen atoms in total. The van der Waals surface area contributed by atoms with Crippen LogP contribution in [-0.4, -0.2) is 41.1 Å². The van der Waals surface area contributed by atoms with Crippen LogP contribution < -0.4 is 5.32 Å². The summed E-state index contributed by atoms with van der Waals surface area (Å²) < 4.78 is 2.03. The summed E-state index contributed by atoms with van der Waals surface area (Å²) in [5, 5.41) is 4.09. The molecule has 0 unspecified atom stereocenters. The summed E-state index contributed by atoms with van der Waals surface area (Å²) in [7, 11) is 3.79. The first-order valence-corrected chi connectivity index (χ1v) is 7.19. The van der Waals surface area contributed by atoms with E-state index in [9.17, 15) is 0 Å². The largest absolute Gasteiger partial charge is 0.354 e. The third-order valence-electron chi connectivity index (χ3n) is 3.09. The van der Waals surface area contributed by atoms with Gasteiger partial charge in [0.2, 0.25) is 0 Å². The monoisotopic (exact) mass is 433 g/mol. The first kappa shape index (κ1) is 18.8. The van der Waals surface area contributed by atoms with Crippen molar-refractivity contribution in [2.45, 2.75) is 13.1 Å². The van der Waals surface area contributed by atoms with Gasteiger partial charge in [-0.15, -0.1) is 24.0 Å². The van der Waals surface area contributed by atoms with Crippen LogP contribution in [0, 0.1) is 0 Å². The maximum absolute atomic E-state index is 6.01. The van der Waals surface area contributed by atoms with E-state index < -0.39 is 0 Å². The number of guanidine groups is 1. The Labute approximate surface area is 153 Å². The summed E-state index contributed by atoms with van der Waals surface area (Å²) >= 11 is 6.01. The molecule has 1 aromatic carbocycles. The van der Waals surface area contributed by atoms with Crippen LogP contribution in [0.1, 0.15) is 5.56 Å². The summed E-state index contributed by atoms with van der Waals surface area (Å²) in [6.07, 6.45) is 5.53. The van der Waals surface area contributed by atoms with Crippen LogP contribution >= 0.6 is 35.6 Å². The topological polar surface area (TPSA) is 45.5 Å².